The van der Waals surface area contributed by atoms with Crippen LogP contribution >= 0.6 is 23.2 Å². The van der Waals surface area contributed by atoms with Gasteiger partial charge in [-0.05, 0) is 43.9 Å². The number of hydrogen-bond acceptors (Lipinski definition) is 2. The lowest BCUT2D eigenvalue weighted by molar-refractivity contribution is -0.126. The number of amides is 2. The second kappa shape index (κ2) is 8.72. The van der Waals surface area contributed by atoms with Gasteiger partial charge in [-0.25, -0.2) is 0 Å². The SMILES string of the molecule is CCC(CC)C(=O)NC1CCN(C(=O)c2ccc(Cl)cc2Cl)CC1. The van der Waals surface area contributed by atoms with Gasteiger partial charge in [0.2, 0.25) is 5.91 Å². The first-order chi connectivity index (χ1) is 11.5. The van der Waals surface area contributed by atoms with Crippen LogP contribution in [-0.4, -0.2) is 35.8 Å². The molecule has 1 aromatic carbocycles. The molecule has 0 bridgehead atoms. The first-order valence-electron chi connectivity index (χ1n) is 8.50. The summed E-state index contributed by atoms with van der Waals surface area (Å²) in [6.45, 7) is 5.30. The zero-order valence-electron chi connectivity index (χ0n) is 14.1. The average molecular weight is 371 g/mol. The maximum absolute atomic E-state index is 12.6. The quantitative estimate of drug-likeness (QED) is 0.845. The largest absolute Gasteiger partial charge is 0.353 e. The first kappa shape index (κ1) is 19.1. The minimum atomic E-state index is -0.0820. The van der Waals surface area contributed by atoms with Crippen LogP contribution < -0.4 is 5.32 Å². The van der Waals surface area contributed by atoms with Gasteiger partial charge in [-0.15, -0.1) is 0 Å². The molecule has 1 aliphatic rings. The van der Waals surface area contributed by atoms with Gasteiger partial charge in [0.15, 0.2) is 0 Å². The van der Waals surface area contributed by atoms with Crippen LogP contribution in [0.1, 0.15) is 49.9 Å². The number of piperidine rings is 1. The van der Waals surface area contributed by atoms with Crippen molar-refractivity contribution in [1.29, 1.82) is 0 Å². The number of halogens is 2. The highest BCUT2D eigenvalue weighted by molar-refractivity contribution is 6.36. The predicted molar refractivity (Wildman–Crippen MR) is 97.6 cm³/mol. The molecule has 24 heavy (non-hydrogen) atoms. The highest BCUT2D eigenvalue weighted by Crippen LogP contribution is 2.24. The normalized spacial score (nSPS) is 15.6. The van der Waals surface area contributed by atoms with Crippen molar-refractivity contribution in [2.24, 2.45) is 5.92 Å². The third-order valence-corrected chi connectivity index (χ3v) is 5.19. The standard InChI is InChI=1S/C18H24Cl2N2O2/c1-3-12(4-2)17(23)21-14-7-9-22(10-8-14)18(24)15-6-5-13(19)11-16(15)20/h5-6,11-12,14H,3-4,7-10H2,1-2H3,(H,21,23). The van der Waals surface area contributed by atoms with E-state index in [1.165, 1.54) is 0 Å². The van der Waals surface area contributed by atoms with Crippen LogP contribution in [0.15, 0.2) is 18.2 Å². The summed E-state index contributed by atoms with van der Waals surface area (Å²) in [4.78, 5) is 26.5. The Hall–Kier alpha value is -1.26. The molecule has 1 saturated heterocycles. The van der Waals surface area contributed by atoms with Crippen molar-refractivity contribution in [2.45, 2.75) is 45.6 Å². The van der Waals surface area contributed by atoms with Gasteiger partial charge in [0.05, 0.1) is 10.6 Å². The topological polar surface area (TPSA) is 49.4 Å². The summed E-state index contributed by atoms with van der Waals surface area (Å²) in [5.74, 6) is 0.129. The molecule has 2 amide bonds. The van der Waals surface area contributed by atoms with Crippen molar-refractivity contribution < 1.29 is 9.59 Å². The molecule has 132 valence electrons. The highest BCUT2D eigenvalue weighted by atomic mass is 35.5. The van der Waals surface area contributed by atoms with Crippen LogP contribution in [0.3, 0.4) is 0 Å². The number of carbonyl (C=O) groups excluding carboxylic acids is 2. The zero-order chi connectivity index (χ0) is 17.7. The lowest BCUT2D eigenvalue weighted by Gasteiger charge is -2.33. The van der Waals surface area contributed by atoms with Crippen molar-refractivity contribution >= 4 is 35.0 Å². The molecule has 0 spiro atoms. The highest BCUT2D eigenvalue weighted by Gasteiger charge is 2.26. The Morgan fingerprint density at radius 3 is 2.38 bits per heavy atom. The molecule has 1 N–H and O–H groups in total. The van der Waals surface area contributed by atoms with Gasteiger partial charge in [-0.1, -0.05) is 37.0 Å². The minimum absolute atomic E-state index is 0.0811. The molecule has 1 aromatic rings. The maximum Gasteiger partial charge on any atom is 0.255 e. The third kappa shape index (κ3) is 4.64. The summed E-state index contributed by atoms with van der Waals surface area (Å²) in [5.41, 5.74) is 0.473. The van der Waals surface area contributed by atoms with E-state index in [0.717, 1.165) is 25.7 Å². The van der Waals surface area contributed by atoms with Crippen molar-refractivity contribution in [3.63, 3.8) is 0 Å². The maximum atomic E-state index is 12.6. The van der Waals surface area contributed by atoms with Crippen molar-refractivity contribution in [1.82, 2.24) is 10.2 Å². The van der Waals surface area contributed by atoms with Crippen molar-refractivity contribution in [2.75, 3.05) is 13.1 Å². The van der Waals surface area contributed by atoms with Gasteiger partial charge in [0, 0.05) is 30.1 Å². The van der Waals surface area contributed by atoms with Crippen LogP contribution in [0.2, 0.25) is 10.0 Å². The Labute approximate surface area is 153 Å². The third-order valence-electron chi connectivity index (χ3n) is 4.65. The fourth-order valence-electron chi connectivity index (χ4n) is 3.04. The number of nitrogens with zero attached hydrogens (tertiary/aromatic N) is 1. The number of rotatable bonds is 5. The Morgan fingerprint density at radius 1 is 1.21 bits per heavy atom. The number of benzene rings is 1. The summed E-state index contributed by atoms with van der Waals surface area (Å²) < 4.78 is 0. The molecule has 0 aliphatic carbocycles. The van der Waals surface area contributed by atoms with E-state index < -0.39 is 0 Å². The van der Waals surface area contributed by atoms with Crippen molar-refractivity contribution in [3.8, 4) is 0 Å². The predicted octanol–water partition coefficient (Wildman–Crippen LogP) is 4.15. The molecule has 1 heterocycles. The number of carbonyl (C=O) groups is 2. The molecule has 1 fully saturated rings. The molecule has 0 radical (unpaired) electrons. The van der Waals surface area contributed by atoms with Gasteiger partial charge in [0.1, 0.15) is 0 Å². The molecule has 1 aliphatic heterocycles. The molecule has 2 rings (SSSR count). The fourth-order valence-corrected chi connectivity index (χ4v) is 3.53. The van der Waals surface area contributed by atoms with E-state index >= 15 is 0 Å². The van der Waals surface area contributed by atoms with Gasteiger partial charge in [0.25, 0.3) is 5.91 Å². The minimum Gasteiger partial charge on any atom is -0.353 e. The fraction of sp³-hybridized carbons (Fsp3) is 0.556. The average Bonchev–Trinajstić information content (AvgIpc) is 2.56. The molecule has 0 unspecified atom stereocenters. The van der Waals surface area contributed by atoms with E-state index in [-0.39, 0.29) is 23.8 Å². The Bertz CT molecular complexity index is 595. The Morgan fingerprint density at radius 2 is 1.83 bits per heavy atom. The number of likely N-dealkylation sites (tertiary alicyclic amines) is 1. The second-order valence-corrected chi connectivity index (χ2v) is 7.06. The Kier molecular flexibility index (Phi) is 6.93. The first-order valence-corrected chi connectivity index (χ1v) is 9.26. The molecular weight excluding hydrogens is 347 g/mol. The van der Waals surface area contributed by atoms with Crippen LogP contribution in [0.5, 0.6) is 0 Å². The van der Waals surface area contributed by atoms with Gasteiger partial charge in [-0.2, -0.15) is 0 Å². The van der Waals surface area contributed by atoms with Crippen LogP contribution in [0, 0.1) is 5.92 Å². The van der Waals surface area contributed by atoms with Gasteiger partial charge >= 0.3 is 0 Å². The summed E-state index contributed by atoms with van der Waals surface area (Å²) in [5, 5.41) is 4.00. The van der Waals surface area contributed by atoms with Crippen molar-refractivity contribution in [3.05, 3.63) is 33.8 Å². The number of hydrogen-bond donors (Lipinski definition) is 1. The molecule has 0 atom stereocenters. The zero-order valence-corrected chi connectivity index (χ0v) is 15.7. The van der Waals surface area contributed by atoms with Crippen LogP contribution in [-0.2, 0) is 4.79 Å². The van der Waals surface area contributed by atoms with E-state index in [9.17, 15) is 9.59 Å². The molecule has 6 heteroatoms. The van der Waals surface area contributed by atoms with Crippen LogP contribution in [0.25, 0.3) is 0 Å². The summed E-state index contributed by atoms with van der Waals surface area (Å²) >= 11 is 12.0. The second-order valence-electron chi connectivity index (χ2n) is 6.21. The van der Waals surface area contributed by atoms with Crippen LogP contribution in [0.4, 0.5) is 0 Å². The van der Waals surface area contributed by atoms with E-state index in [4.69, 9.17) is 23.2 Å². The monoisotopic (exact) mass is 370 g/mol. The lowest BCUT2D eigenvalue weighted by Crippen LogP contribution is -2.47. The van der Waals surface area contributed by atoms with E-state index in [1.54, 1.807) is 23.1 Å². The van der Waals surface area contributed by atoms with Gasteiger partial charge in [-0.3, -0.25) is 9.59 Å². The molecular formula is C18H24Cl2N2O2. The Balaban J connectivity index is 1.90. The lowest BCUT2D eigenvalue weighted by atomic mass is 9.99. The number of nitrogens with one attached hydrogen (secondary N) is 1. The molecule has 4 nitrogen and oxygen atoms in total. The molecule has 0 saturated carbocycles. The smallest absolute Gasteiger partial charge is 0.255 e. The van der Waals surface area contributed by atoms with Gasteiger partial charge < -0.3 is 10.2 Å². The summed E-state index contributed by atoms with van der Waals surface area (Å²) in [6.07, 6.45) is 3.25. The van der Waals surface area contributed by atoms with E-state index in [1.807, 2.05) is 13.8 Å². The van der Waals surface area contributed by atoms with E-state index in [0.29, 0.717) is 28.7 Å². The summed E-state index contributed by atoms with van der Waals surface area (Å²) in [6, 6.07) is 5.05. The summed E-state index contributed by atoms with van der Waals surface area (Å²) in [7, 11) is 0. The van der Waals surface area contributed by atoms with E-state index in [2.05, 4.69) is 5.32 Å². The molecule has 0 aromatic heterocycles.